The fourth-order valence-electron chi connectivity index (χ4n) is 5.54. The van der Waals surface area contributed by atoms with Crippen molar-refractivity contribution in [2.45, 2.75) is 101 Å². The van der Waals surface area contributed by atoms with Crippen LogP contribution in [0.4, 0.5) is 4.79 Å². The number of nitrogens with zero attached hydrogens (tertiary/aromatic N) is 2. The average molecular weight is 391 g/mol. The second-order valence-electron chi connectivity index (χ2n) is 8.95. The van der Waals surface area contributed by atoms with Crippen LogP contribution in [0.1, 0.15) is 77.0 Å². The van der Waals surface area contributed by atoms with Gasteiger partial charge in [0.25, 0.3) is 0 Å². The molecule has 2 saturated carbocycles. The summed E-state index contributed by atoms with van der Waals surface area (Å²) in [7, 11) is 0. The van der Waals surface area contributed by atoms with Gasteiger partial charge in [-0.2, -0.15) is 0 Å². The Morgan fingerprint density at radius 3 is 1.43 bits per heavy atom. The van der Waals surface area contributed by atoms with Gasteiger partial charge in [0, 0.05) is 25.2 Å². The lowest BCUT2D eigenvalue weighted by atomic mass is 9.94. The van der Waals surface area contributed by atoms with E-state index < -0.39 is 12.1 Å². The van der Waals surface area contributed by atoms with Crippen LogP contribution in [0.3, 0.4) is 0 Å². The highest BCUT2D eigenvalue weighted by Crippen LogP contribution is 2.27. The van der Waals surface area contributed by atoms with Crippen molar-refractivity contribution in [3.05, 3.63) is 0 Å². The van der Waals surface area contributed by atoms with E-state index in [-0.39, 0.29) is 17.8 Å². The summed E-state index contributed by atoms with van der Waals surface area (Å²) in [5.41, 5.74) is 0. The van der Waals surface area contributed by atoms with Crippen LogP contribution < -0.4 is 10.6 Å². The van der Waals surface area contributed by atoms with Crippen molar-refractivity contribution in [3.63, 3.8) is 0 Å². The summed E-state index contributed by atoms with van der Waals surface area (Å²) < 4.78 is 0. The summed E-state index contributed by atoms with van der Waals surface area (Å²) in [5.74, 6) is 0.0901. The third-order valence-corrected chi connectivity index (χ3v) is 7.12. The molecule has 0 aromatic heterocycles. The van der Waals surface area contributed by atoms with E-state index in [1.165, 1.54) is 38.5 Å². The maximum Gasteiger partial charge on any atom is 0.316 e. The SMILES string of the molecule is O=C(N[C@H]1CCN(C2CCCCC2)C1=O)N[C@@H]1CCN(C2CCCCC2)C1=O. The number of hydrogen-bond donors (Lipinski definition) is 2. The van der Waals surface area contributed by atoms with Crippen molar-refractivity contribution in [2.24, 2.45) is 0 Å². The molecule has 0 unspecified atom stereocenters. The lowest BCUT2D eigenvalue weighted by Crippen LogP contribution is -2.52. The van der Waals surface area contributed by atoms with Crippen LogP contribution in [0, 0.1) is 0 Å². The number of likely N-dealkylation sites (tertiary alicyclic amines) is 2. The molecular weight excluding hydrogens is 356 g/mol. The summed E-state index contributed by atoms with van der Waals surface area (Å²) in [6, 6.07) is -0.596. The molecule has 2 atom stereocenters. The second kappa shape index (κ2) is 8.70. The number of amides is 4. The highest BCUT2D eigenvalue weighted by molar-refractivity contribution is 5.92. The molecule has 2 heterocycles. The van der Waals surface area contributed by atoms with Crippen LogP contribution in [0.25, 0.3) is 0 Å². The summed E-state index contributed by atoms with van der Waals surface area (Å²) in [6.45, 7) is 1.46. The molecule has 4 aliphatic rings. The number of urea groups is 1. The maximum absolute atomic E-state index is 12.7. The number of hydrogen-bond acceptors (Lipinski definition) is 3. The third kappa shape index (κ3) is 4.13. The molecule has 2 aliphatic carbocycles. The fourth-order valence-corrected chi connectivity index (χ4v) is 5.54. The molecular formula is C21H34N4O3. The summed E-state index contributed by atoms with van der Waals surface area (Å²) in [4.78, 5) is 41.8. The van der Waals surface area contributed by atoms with Gasteiger partial charge in [-0.15, -0.1) is 0 Å². The first-order chi connectivity index (χ1) is 13.6. The zero-order valence-electron chi connectivity index (χ0n) is 16.8. The Bertz CT molecular complexity index is 548. The molecule has 4 fully saturated rings. The van der Waals surface area contributed by atoms with Crippen LogP contribution in [0.15, 0.2) is 0 Å². The molecule has 2 saturated heterocycles. The highest BCUT2D eigenvalue weighted by Gasteiger charge is 2.39. The molecule has 0 spiro atoms. The van der Waals surface area contributed by atoms with Gasteiger partial charge in [0.2, 0.25) is 11.8 Å². The molecule has 0 radical (unpaired) electrons. The normalized spacial score (nSPS) is 30.1. The number of nitrogens with one attached hydrogen (secondary N) is 2. The van der Waals surface area contributed by atoms with Gasteiger partial charge in [0.05, 0.1) is 0 Å². The molecule has 0 bridgehead atoms. The van der Waals surface area contributed by atoms with Crippen molar-refractivity contribution < 1.29 is 14.4 Å². The fraction of sp³-hybridized carbons (Fsp3) is 0.857. The van der Waals surface area contributed by atoms with Crippen LogP contribution in [0.5, 0.6) is 0 Å². The van der Waals surface area contributed by atoms with E-state index in [1.54, 1.807) is 0 Å². The number of rotatable bonds is 4. The summed E-state index contributed by atoms with van der Waals surface area (Å²) in [6.07, 6.45) is 12.9. The third-order valence-electron chi connectivity index (χ3n) is 7.12. The van der Waals surface area contributed by atoms with Gasteiger partial charge < -0.3 is 20.4 Å². The lowest BCUT2D eigenvalue weighted by molar-refractivity contribution is -0.132. The molecule has 4 amide bonds. The molecule has 2 N–H and O–H groups in total. The van der Waals surface area contributed by atoms with E-state index in [2.05, 4.69) is 10.6 Å². The minimum atomic E-state index is -0.451. The Morgan fingerprint density at radius 2 is 1.04 bits per heavy atom. The standard InChI is InChI=1S/C21H34N4O3/c26-19-17(11-13-24(19)15-7-3-1-4-8-15)22-21(28)23-18-12-14-25(20(18)27)16-9-5-2-6-10-16/h15-18H,1-14H2,(H2,22,23,28)/t17-,18+. The predicted octanol–water partition coefficient (Wildman–Crippen LogP) is 2.15. The van der Waals surface area contributed by atoms with Gasteiger partial charge in [-0.3, -0.25) is 9.59 Å². The lowest BCUT2D eigenvalue weighted by Gasteiger charge is -2.31. The van der Waals surface area contributed by atoms with Crippen LogP contribution in [-0.2, 0) is 9.59 Å². The van der Waals surface area contributed by atoms with Crippen molar-refractivity contribution in [1.29, 1.82) is 0 Å². The zero-order chi connectivity index (χ0) is 19.5. The van der Waals surface area contributed by atoms with Crippen molar-refractivity contribution in [1.82, 2.24) is 20.4 Å². The molecule has 28 heavy (non-hydrogen) atoms. The summed E-state index contributed by atoms with van der Waals surface area (Å²) in [5, 5.41) is 5.66. The average Bonchev–Trinajstić information content (AvgIpc) is 3.26. The van der Waals surface area contributed by atoms with E-state index in [9.17, 15) is 14.4 Å². The molecule has 4 rings (SSSR count). The maximum atomic E-state index is 12.7. The Hall–Kier alpha value is -1.79. The van der Waals surface area contributed by atoms with E-state index in [4.69, 9.17) is 0 Å². The van der Waals surface area contributed by atoms with Crippen molar-refractivity contribution >= 4 is 17.8 Å². The van der Waals surface area contributed by atoms with Gasteiger partial charge in [-0.05, 0) is 38.5 Å². The van der Waals surface area contributed by atoms with Crippen LogP contribution in [-0.4, -0.2) is 64.9 Å². The van der Waals surface area contributed by atoms with E-state index in [0.717, 1.165) is 38.8 Å². The van der Waals surface area contributed by atoms with Gasteiger partial charge in [0.15, 0.2) is 0 Å². The molecule has 7 heteroatoms. The first kappa shape index (κ1) is 19.5. The molecule has 7 nitrogen and oxygen atoms in total. The Morgan fingerprint density at radius 1 is 0.643 bits per heavy atom. The zero-order valence-corrected chi connectivity index (χ0v) is 16.8. The minimum absolute atomic E-state index is 0.0450. The first-order valence-corrected chi connectivity index (χ1v) is 11.3. The molecule has 0 aromatic carbocycles. The second-order valence-corrected chi connectivity index (χ2v) is 8.95. The quantitative estimate of drug-likeness (QED) is 0.772. The molecule has 2 aliphatic heterocycles. The van der Waals surface area contributed by atoms with E-state index >= 15 is 0 Å². The van der Waals surface area contributed by atoms with Gasteiger partial charge in [-0.25, -0.2) is 4.79 Å². The number of carbonyl (C=O) groups excluding carboxylic acids is 3. The van der Waals surface area contributed by atoms with Crippen LogP contribution >= 0.6 is 0 Å². The topological polar surface area (TPSA) is 81.8 Å². The Labute approximate surface area is 167 Å². The molecule has 156 valence electrons. The largest absolute Gasteiger partial charge is 0.338 e. The highest BCUT2D eigenvalue weighted by atomic mass is 16.2. The summed E-state index contributed by atoms with van der Waals surface area (Å²) >= 11 is 0. The molecule has 0 aromatic rings. The smallest absolute Gasteiger partial charge is 0.316 e. The van der Waals surface area contributed by atoms with Crippen molar-refractivity contribution in [2.75, 3.05) is 13.1 Å². The van der Waals surface area contributed by atoms with Crippen LogP contribution in [0.2, 0.25) is 0 Å². The predicted molar refractivity (Wildman–Crippen MR) is 106 cm³/mol. The van der Waals surface area contributed by atoms with Gasteiger partial charge in [-0.1, -0.05) is 38.5 Å². The minimum Gasteiger partial charge on any atom is -0.338 e. The Kier molecular flexibility index (Phi) is 6.07. The van der Waals surface area contributed by atoms with Gasteiger partial charge >= 0.3 is 6.03 Å². The van der Waals surface area contributed by atoms with Gasteiger partial charge in [0.1, 0.15) is 12.1 Å². The van der Waals surface area contributed by atoms with E-state index in [0.29, 0.717) is 24.9 Å². The monoisotopic (exact) mass is 390 g/mol. The number of carbonyl (C=O) groups is 3. The first-order valence-electron chi connectivity index (χ1n) is 11.3. The van der Waals surface area contributed by atoms with E-state index in [1.807, 2.05) is 9.80 Å². The Balaban J connectivity index is 1.25. The van der Waals surface area contributed by atoms with Crippen molar-refractivity contribution in [3.8, 4) is 0 Å².